The fraction of sp³-hybridized carbons (Fsp3) is 0.0769. The van der Waals surface area contributed by atoms with Crippen molar-refractivity contribution in [2.75, 3.05) is 6.79 Å². The van der Waals surface area contributed by atoms with Gasteiger partial charge in [0.1, 0.15) is 0 Å². The van der Waals surface area contributed by atoms with Gasteiger partial charge in [-0.3, -0.25) is 20.4 Å². The van der Waals surface area contributed by atoms with Crippen LogP contribution in [0.3, 0.4) is 0 Å². The summed E-state index contributed by atoms with van der Waals surface area (Å²) in [5, 5.41) is 3.48. The molecule has 7 heteroatoms. The first-order chi connectivity index (χ1) is 9.74. The molecule has 0 saturated carbocycles. The normalized spacial score (nSPS) is 12.0. The largest absolute Gasteiger partial charge is 0.454 e. The summed E-state index contributed by atoms with van der Waals surface area (Å²) in [4.78, 5) is 23.6. The second kappa shape index (κ2) is 5.22. The highest BCUT2D eigenvalue weighted by atomic mass is 32.1. The van der Waals surface area contributed by atoms with E-state index in [9.17, 15) is 9.59 Å². The Morgan fingerprint density at radius 2 is 1.75 bits per heavy atom. The monoisotopic (exact) mass is 290 g/mol. The zero-order chi connectivity index (χ0) is 13.9. The van der Waals surface area contributed by atoms with Gasteiger partial charge in [0.2, 0.25) is 6.79 Å². The number of rotatable bonds is 2. The molecular weight excluding hydrogens is 280 g/mol. The highest BCUT2D eigenvalue weighted by molar-refractivity contribution is 7.08. The second-order valence-corrected chi connectivity index (χ2v) is 4.77. The Balaban J connectivity index is 1.63. The summed E-state index contributed by atoms with van der Waals surface area (Å²) in [5.74, 6) is 0.331. The number of benzene rings is 1. The molecule has 1 aromatic heterocycles. The van der Waals surface area contributed by atoms with Crippen LogP contribution in [0.15, 0.2) is 35.0 Å². The number of amides is 2. The minimum Gasteiger partial charge on any atom is -0.454 e. The van der Waals surface area contributed by atoms with Crippen molar-refractivity contribution < 1.29 is 19.1 Å². The summed E-state index contributed by atoms with van der Waals surface area (Å²) in [6, 6.07) is 6.48. The van der Waals surface area contributed by atoms with Crippen molar-refractivity contribution >= 4 is 23.2 Å². The topological polar surface area (TPSA) is 76.7 Å². The number of ether oxygens (including phenoxy) is 2. The Labute approximate surface area is 118 Å². The lowest BCUT2D eigenvalue weighted by atomic mass is 10.2. The van der Waals surface area contributed by atoms with E-state index >= 15 is 0 Å². The maximum atomic E-state index is 11.9. The minimum absolute atomic E-state index is 0.148. The molecule has 0 atom stereocenters. The molecule has 1 aliphatic rings. The SMILES string of the molecule is O=C(NNC(=O)c1ccc2c(c1)OCO2)c1ccsc1. The minimum atomic E-state index is -0.424. The fourth-order valence-electron chi connectivity index (χ4n) is 1.69. The molecule has 20 heavy (non-hydrogen) atoms. The van der Waals surface area contributed by atoms with Gasteiger partial charge in [-0.05, 0) is 29.6 Å². The van der Waals surface area contributed by atoms with Crippen molar-refractivity contribution in [2.45, 2.75) is 0 Å². The molecule has 0 bridgehead atoms. The molecule has 2 heterocycles. The summed E-state index contributed by atoms with van der Waals surface area (Å²) in [6.07, 6.45) is 0. The molecule has 6 nitrogen and oxygen atoms in total. The molecule has 2 amide bonds. The average molecular weight is 290 g/mol. The molecule has 1 aromatic carbocycles. The zero-order valence-corrected chi connectivity index (χ0v) is 11.0. The van der Waals surface area contributed by atoms with Gasteiger partial charge in [-0.2, -0.15) is 11.3 Å². The van der Waals surface area contributed by atoms with Crippen LogP contribution in [0.5, 0.6) is 11.5 Å². The average Bonchev–Trinajstić information content (AvgIpc) is 3.13. The fourth-order valence-corrected chi connectivity index (χ4v) is 2.33. The number of fused-ring (bicyclic) bond motifs is 1. The molecule has 0 saturated heterocycles. The van der Waals surface area contributed by atoms with Crippen LogP contribution in [0.25, 0.3) is 0 Å². The van der Waals surface area contributed by atoms with Crippen LogP contribution in [0, 0.1) is 0 Å². The first kappa shape index (κ1) is 12.5. The lowest BCUT2D eigenvalue weighted by molar-refractivity contribution is 0.0847. The Morgan fingerprint density at radius 1 is 1.00 bits per heavy atom. The van der Waals surface area contributed by atoms with E-state index in [1.54, 1.807) is 35.0 Å². The predicted octanol–water partition coefficient (Wildman–Crippen LogP) is 1.55. The van der Waals surface area contributed by atoms with Crippen LogP contribution in [-0.2, 0) is 0 Å². The van der Waals surface area contributed by atoms with Crippen molar-refractivity contribution in [3.63, 3.8) is 0 Å². The number of hydrogen-bond donors (Lipinski definition) is 2. The van der Waals surface area contributed by atoms with E-state index in [-0.39, 0.29) is 12.7 Å². The van der Waals surface area contributed by atoms with Crippen LogP contribution >= 0.6 is 11.3 Å². The third-order valence-electron chi connectivity index (χ3n) is 2.71. The molecule has 0 fully saturated rings. The van der Waals surface area contributed by atoms with Crippen LogP contribution in [0.1, 0.15) is 20.7 Å². The smallest absolute Gasteiger partial charge is 0.270 e. The number of carbonyl (C=O) groups excluding carboxylic acids is 2. The number of thiophene rings is 1. The Hall–Kier alpha value is -2.54. The van der Waals surface area contributed by atoms with Gasteiger partial charge in [0, 0.05) is 10.9 Å². The zero-order valence-electron chi connectivity index (χ0n) is 10.2. The van der Waals surface area contributed by atoms with Gasteiger partial charge < -0.3 is 9.47 Å². The molecule has 3 rings (SSSR count). The summed E-state index contributed by atoms with van der Waals surface area (Å²) in [7, 11) is 0. The van der Waals surface area contributed by atoms with E-state index in [1.807, 2.05) is 0 Å². The summed E-state index contributed by atoms with van der Waals surface area (Å²) in [6.45, 7) is 0.148. The highest BCUT2D eigenvalue weighted by Gasteiger charge is 2.16. The molecule has 2 N–H and O–H groups in total. The Bertz CT molecular complexity index is 654. The van der Waals surface area contributed by atoms with E-state index in [0.717, 1.165) is 0 Å². The molecule has 0 unspecified atom stereocenters. The molecule has 1 aliphatic heterocycles. The van der Waals surface area contributed by atoms with Crippen molar-refractivity contribution in [1.29, 1.82) is 0 Å². The van der Waals surface area contributed by atoms with E-state index in [0.29, 0.717) is 22.6 Å². The molecule has 102 valence electrons. The van der Waals surface area contributed by atoms with Crippen molar-refractivity contribution in [2.24, 2.45) is 0 Å². The number of hydrazine groups is 1. The van der Waals surface area contributed by atoms with E-state index in [2.05, 4.69) is 10.9 Å². The third-order valence-corrected chi connectivity index (χ3v) is 3.39. The first-order valence-electron chi connectivity index (χ1n) is 5.76. The number of nitrogens with one attached hydrogen (secondary N) is 2. The highest BCUT2D eigenvalue weighted by Crippen LogP contribution is 2.32. The molecule has 0 radical (unpaired) electrons. The Morgan fingerprint density at radius 3 is 2.50 bits per heavy atom. The number of hydrogen-bond acceptors (Lipinski definition) is 5. The van der Waals surface area contributed by atoms with E-state index < -0.39 is 5.91 Å². The van der Waals surface area contributed by atoms with E-state index in [1.165, 1.54) is 11.3 Å². The maximum absolute atomic E-state index is 11.9. The van der Waals surface area contributed by atoms with Crippen LogP contribution in [0.4, 0.5) is 0 Å². The van der Waals surface area contributed by atoms with Gasteiger partial charge in [-0.15, -0.1) is 0 Å². The van der Waals surface area contributed by atoms with Gasteiger partial charge in [-0.1, -0.05) is 0 Å². The lowest BCUT2D eigenvalue weighted by Crippen LogP contribution is -2.41. The Kier molecular flexibility index (Phi) is 3.26. The standard InChI is InChI=1S/C13H10N2O4S/c16-12(14-15-13(17)9-3-4-20-6-9)8-1-2-10-11(5-8)19-7-18-10/h1-6H,7H2,(H,14,16)(H,15,17). The van der Waals surface area contributed by atoms with Gasteiger partial charge in [-0.25, -0.2) is 0 Å². The summed E-state index contributed by atoms with van der Waals surface area (Å²) in [5.41, 5.74) is 5.57. The predicted molar refractivity (Wildman–Crippen MR) is 71.8 cm³/mol. The second-order valence-electron chi connectivity index (χ2n) is 3.99. The van der Waals surface area contributed by atoms with E-state index in [4.69, 9.17) is 9.47 Å². The van der Waals surface area contributed by atoms with Gasteiger partial charge in [0.05, 0.1) is 5.56 Å². The third kappa shape index (κ3) is 2.43. The molecule has 2 aromatic rings. The summed E-state index contributed by atoms with van der Waals surface area (Å²) >= 11 is 1.41. The van der Waals surface area contributed by atoms with Gasteiger partial charge in [0.15, 0.2) is 11.5 Å². The molecule has 0 spiro atoms. The lowest BCUT2D eigenvalue weighted by Gasteiger charge is -2.07. The number of carbonyl (C=O) groups is 2. The van der Waals surface area contributed by atoms with Crippen molar-refractivity contribution in [1.82, 2.24) is 10.9 Å². The maximum Gasteiger partial charge on any atom is 0.270 e. The summed E-state index contributed by atoms with van der Waals surface area (Å²) < 4.78 is 10.3. The first-order valence-corrected chi connectivity index (χ1v) is 6.71. The van der Waals surface area contributed by atoms with Crippen molar-refractivity contribution in [3.8, 4) is 11.5 Å². The van der Waals surface area contributed by atoms with Crippen LogP contribution in [0.2, 0.25) is 0 Å². The van der Waals surface area contributed by atoms with Crippen LogP contribution < -0.4 is 20.3 Å². The molecule has 0 aliphatic carbocycles. The van der Waals surface area contributed by atoms with Crippen molar-refractivity contribution in [3.05, 3.63) is 46.2 Å². The van der Waals surface area contributed by atoms with Crippen LogP contribution in [-0.4, -0.2) is 18.6 Å². The quantitative estimate of drug-likeness (QED) is 0.823. The van der Waals surface area contributed by atoms with Gasteiger partial charge in [0.25, 0.3) is 11.8 Å². The van der Waals surface area contributed by atoms with Gasteiger partial charge >= 0.3 is 0 Å². The molecular formula is C13H10N2O4S.